The number of hydrogen-bond donors (Lipinski definition) is 3. The molecule has 0 saturated carbocycles. The minimum Gasteiger partial charge on any atom is -0.550 e. The van der Waals surface area contributed by atoms with Crippen LogP contribution >= 0.6 is 0 Å². The average Bonchev–Trinajstić information content (AvgIpc) is 1.82. The monoisotopic (exact) mass is 266 g/mol. The molecule has 0 spiro atoms. The molecule has 0 aromatic rings. The van der Waals surface area contributed by atoms with Gasteiger partial charge >= 0.3 is 63.3 Å². The molecule has 9 nitrogen and oxygen atoms in total. The Hall–Kier alpha value is -0.0736. The summed E-state index contributed by atoms with van der Waals surface area (Å²) in [4.78, 5) is 30.3. The van der Waals surface area contributed by atoms with Crippen molar-refractivity contribution >= 4 is 17.9 Å². The summed E-state index contributed by atoms with van der Waals surface area (Å²) in [6.45, 7) is 0. The Morgan fingerprint density at radius 1 is 1.06 bits per heavy atom. The second kappa shape index (κ2) is 10.1. The van der Waals surface area contributed by atoms with Crippen LogP contribution in [-0.4, -0.2) is 49.8 Å². The van der Waals surface area contributed by atoms with E-state index >= 15 is 0 Å². The topological polar surface area (TPSA) is 198 Å². The zero-order valence-corrected chi connectivity index (χ0v) is 11.5. The maximum Gasteiger partial charge on any atom is 1.00 e. The van der Waals surface area contributed by atoms with E-state index in [2.05, 4.69) is 0 Å². The summed E-state index contributed by atoms with van der Waals surface area (Å²) in [5.74, 6) is -5.34. The van der Waals surface area contributed by atoms with Gasteiger partial charge in [-0.3, -0.25) is 4.79 Å². The Morgan fingerprint density at radius 2 is 1.44 bits per heavy atom. The molecule has 0 aromatic carbocycles. The Bertz CT molecular complexity index is 234. The first-order valence-electron chi connectivity index (χ1n) is 3.15. The van der Waals surface area contributed by atoms with Crippen LogP contribution in [0.2, 0.25) is 0 Å². The van der Waals surface area contributed by atoms with Crippen molar-refractivity contribution in [1.82, 2.24) is 0 Å². The van der Waals surface area contributed by atoms with Gasteiger partial charge in [-0.15, -0.1) is 0 Å². The van der Waals surface area contributed by atoms with Crippen molar-refractivity contribution in [2.45, 2.75) is 18.4 Å². The zero-order chi connectivity index (χ0) is 10.6. The molecule has 0 saturated heterocycles. The second-order valence-corrected chi connectivity index (χ2v) is 2.46. The standard InChI is InChI=1S/C6H8O7.K.2H2O/c7-3(8)1-6(13,5(11)12)2-4(9)10;;;/h13H,1-2H2,(H,7,8)(H,9,10)(H,11,12);;2*1H2/q;+1;;/p-1. The third-order valence-electron chi connectivity index (χ3n) is 1.28. The van der Waals surface area contributed by atoms with Gasteiger partial charge in [-0.05, 0) is 0 Å². The molecule has 0 bridgehead atoms. The minimum absolute atomic E-state index is 0. The van der Waals surface area contributed by atoms with Crippen LogP contribution in [0.25, 0.3) is 0 Å². The minimum atomic E-state index is -2.80. The predicted octanol–water partition coefficient (Wildman–Crippen LogP) is -7.23. The van der Waals surface area contributed by atoms with E-state index in [9.17, 15) is 19.5 Å². The van der Waals surface area contributed by atoms with Crippen LogP contribution < -0.4 is 56.5 Å². The van der Waals surface area contributed by atoms with Gasteiger partial charge in [0.05, 0.1) is 6.42 Å². The predicted molar refractivity (Wildman–Crippen MR) is 41.7 cm³/mol. The maximum atomic E-state index is 10.3. The summed E-state index contributed by atoms with van der Waals surface area (Å²) >= 11 is 0. The largest absolute Gasteiger partial charge is 1.00 e. The molecule has 1 unspecified atom stereocenters. The fourth-order valence-electron chi connectivity index (χ4n) is 0.703. The van der Waals surface area contributed by atoms with Crippen LogP contribution in [0, 0.1) is 0 Å². The third-order valence-corrected chi connectivity index (χ3v) is 1.28. The molecular formula is C6H11KO9. The molecule has 0 heterocycles. The van der Waals surface area contributed by atoms with E-state index in [4.69, 9.17) is 15.3 Å². The average molecular weight is 266 g/mol. The summed E-state index contributed by atoms with van der Waals surface area (Å²) in [6, 6.07) is 0. The van der Waals surface area contributed by atoms with E-state index in [1.165, 1.54) is 0 Å². The number of carbonyl (C=O) groups is 3. The van der Waals surface area contributed by atoms with Gasteiger partial charge in [0.15, 0.2) is 5.60 Å². The van der Waals surface area contributed by atoms with Crippen LogP contribution in [0.3, 0.4) is 0 Å². The molecule has 0 aromatic heterocycles. The number of aliphatic hydroxyl groups is 1. The Kier molecular flexibility index (Phi) is 15.8. The summed E-state index contributed by atoms with van der Waals surface area (Å²) in [5.41, 5.74) is -2.80. The first-order valence-corrected chi connectivity index (χ1v) is 3.15. The van der Waals surface area contributed by atoms with Gasteiger partial charge in [0, 0.05) is 12.4 Å². The van der Waals surface area contributed by atoms with E-state index in [0.29, 0.717) is 0 Å². The van der Waals surface area contributed by atoms with E-state index in [1.807, 2.05) is 0 Å². The van der Waals surface area contributed by atoms with Gasteiger partial charge in [-0.25, -0.2) is 4.79 Å². The fourth-order valence-corrected chi connectivity index (χ4v) is 0.703. The van der Waals surface area contributed by atoms with Gasteiger partial charge in [0.1, 0.15) is 0 Å². The molecule has 0 amide bonds. The van der Waals surface area contributed by atoms with Gasteiger partial charge < -0.3 is 36.2 Å². The first-order chi connectivity index (χ1) is 5.78. The van der Waals surface area contributed by atoms with Crippen LogP contribution in [0.1, 0.15) is 12.8 Å². The molecule has 7 N–H and O–H groups in total. The van der Waals surface area contributed by atoms with Crippen molar-refractivity contribution in [3.63, 3.8) is 0 Å². The number of rotatable bonds is 5. The number of aliphatic carboxylic acids is 3. The molecule has 16 heavy (non-hydrogen) atoms. The number of hydrogen-bond acceptors (Lipinski definition) is 5. The molecule has 90 valence electrons. The summed E-state index contributed by atoms with van der Waals surface area (Å²) in [6.07, 6.45) is -2.44. The molecule has 10 heteroatoms. The fraction of sp³-hybridized carbons (Fsp3) is 0.500. The molecule has 0 fully saturated rings. The Morgan fingerprint density at radius 3 is 1.62 bits per heavy atom. The van der Waals surface area contributed by atoms with Crippen molar-refractivity contribution in [3.8, 4) is 0 Å². The third kappa shape index (κ3) is 9.17. The number of carboxylic acids is 3. The maximum absolute atomic E-state index is 10.3. The van der Waals surface area contributed by atoms with Crippen LogP contribution in [-0.2, 0) is 14.4 Å². The molecule has 0 radical (unpaired) electrons. The van der Waals surface area contributed by atoms with E-state index < -0.39 is 36.4 Å². The molecule has 0 aliphatic heterocycles. The number of carbonyl (C=O) groups excluding carboxylic acids is 1. The Labute approximate surface area is 132 Å². The smallest absolute Gasteiger partial charge is 0.550 e. The summed E-state index contributed by atoms with van der Waals surface area (Å²) in [5, 5.41) is 35.5. The van der Waals surface area contributed by atoms with Crippen molar-refractivity contribution < 1.29 is 97.1 Å². The van der Waals surface area contributed by atoms with E-state index in [-0.39, 0.29) is 62.3 Å². The van der Waals surface area contributed by atoms with Crippen molar-refractivity contribution in [1.29, 1.82) is 0 Å². The number of carboxylic acid groups (broad SMARTS) is 3. The van der Waals surface area contributed by atoms with E-state index in [1.54, 1.807) is 0 Å². The summed E-state index contributed by atoms with van der Waals surface area (Å²) in [7, 11) is 0. The molecule has 0 aliphatic carbocycles. The van der Waals surface area contributed by atoms with E-state index in [0.717, 1.165) is 0 Å². The molecule has 0 rings (SSSR count). The van der Waals surface area contributed by atoms with Gasteiger partial charge in [0.2, 0.25) is 0 Å². The van der Waals surface area contributed by atoms with Crippen molar-refractivity contribution in [2.75, 3.05) is 0 Å². The summed E-state index contributed by atoms with van der Waals surface area (Å²) < 4.78 is 0. The Balaban J connectivity index is -0.000000240. The molecular weight excluding hydrogens is 255 g/mol. The second-order valence-electron chi connectivity index (χ2n) is 2.46. The van der Waals surface area contributed by atoms with Crippen molar-refractivity contribution in [2.24, 2.45) is 0 Å². The zero-order valence-electron chi connectivity index (χ0n) is 8.39. The normalized spacial score (nSPS) is 11.8. The van der Waals surface area contributed by atoms with Gasteiger partial charge in [0.25, 0.3) is 0 Å². The van der Waals surface area contributed by atoms with Crippen LogP contribution in [0.5, 0.6) is 0 Å². The van der Waals surface area contributed by atoms with Crippen LogP contribution in [0.4, 0.5) is 0 Å². The quantitative estimate of drug-likeness (QED) is 0.410. The molecule has 1 atom stereocenters. The van der Waals surface area contributed by atoms with Gasteiger partial charge in [-0.2, -0.15) is 0 Å². The first kappa shape index (κ1) is 24.9. The van der Waals surface area contributed by atoms with Crippen molar-refractivity contribution in [3.05, 3.63) is 0 Å². The molecule has 0 aliphatic rings. The van der Waals surface area contributed by atoms with Crippen LogP contribution in [0.15, 0.2) is 0 Å². The van der Waals surface area contributed by atoms with Gasteiger partial charge in [-0.1, -0.05) is 0 Å². The SMILES string of the molecule is O.O.O=C([O-])CC(O)(CC(=O)O)C(=O)O.[K+].